The summed E-state index contributed by atoms with van der Waals surface area (Å²) >= 11 is 3.32. The number of alkyl halides is 1. The second-order valence-electron chi connectivity index (χ2n) is 3.40. The molecule has 0 amide bonds. The Bertz CT molecular complexity index is 523. The van der Waals surface area contributed by atoms with Gasteiger partial charge in [-0.3, -0.25) is 0 Å². The molecule has 0 aliphatic carbocycles. The lowest BCUT2D eigenvalue weighted by atomic mass is 10.2. The Morgan fingerprint density at radius 3 is 2.69 bits per heavy atom. The third-order valence-corrected chi connectivity index (χ3v) is 3.00. The van der Waals surface area contributed by atoms with Crippen LogP contribution in [0, 0.1) is 18.6 Å². The molecule has 2 nitrogen and oxygen atoms in total. The van der Waals surface area contributed by atoms with Crippen molar-refractivity contribution < 1.29 is 8.78 Å². The Morgan fingerprint density at radius 1 is 1.38 bits per heavy atom. The Kier molecular flexibility index (Phi) is 3.05. The van der Waals surface area contributed by atoms with E-state index in [-0.39, 0.29) is 5.69 Å². The number of aromatic nitrogens is 2. The van der Waals surface area contributed by atoms with E-state index in [0.29, 0.717) is 5.33 Å². The van der Waals surface area contributed by atoms with Gasteiger partial charge < -0.3 is 0 Å². The van der Waals surface area contributed by atoms with E-state index in [9.17, 15) is 8.78 Å². The summed E-state index contributed by atoms with van der Waals surface area (Å²) in [5, 5.41) is 4.73. The van der Waals surface area contributed by atoms with Gasteiger partial charge in [0.25, 0.3) is 0 Å². The number of hydrogen-bond donors (Lipinski definition) is 0. The van der Waals surface area contributed by atoms with Crippen LogP contribution in [0.4, 0.5) is 8.78 Å². The number of rotatable bonds is 2. The molecule has 0 aliphatic rings. The van der Waals surface area contributed by atoms with Gasteiger partial charge in [-0.1, -0.05) is 15.9 Å². The summed E-state index contributed by atoms with van der Waals surface area (Å²) in [6.07, 6.45) is 1.66. The van der Waals surface area contributed by atoms with Gasteiger partial charge in [-0.2, -0.15) is 5.10 Å². The Labute approximate surface area is 100 Å². The van der Waals surface area contributed by atoms with Crippen molar-refractivity contribution in [3.63, 3.8) is 0 Å². The monoisotopic (exact) mass is 286 g/mol. The third kappa shape index (κ3) is 1.87. The summed E-state index contributed by atoms with van der Waals surface area (Å²) in [5.74, 6) is -1.21. The molecule has 16 heavy (non-hydrogen) atoms. The van der Waals surface area contributed by atoms with Gasteiger partial charge in [-0.15, -0.1) is 0 Å². The molecule has 0 unspecified atom stereocenters. The maximum Gasteiger partial charge on any atom is 0.151 e. The quantitative estimate of drug-likeness (QED) is 0.774. The highest BCUT2D eigenvalue weighted by Crippen LogP contribution is 2.19. The summed E-state index contributed by atoms with van der Waals surface area (Å²) in [6.45, 7) is 1.84. The zero-order valence-electron chi connectivity index (χ0n) is 8.54. The lowest BCUT2D eigenvalue weighted by Gasteiger charge is -2.06. The van der Waals surface area contributed by atoms with Crippen LogP contribution in [-0.4, -0.2) is 9.78 Å². The fraction of sp³-hybridized carbons (Fsp3) is 0.182. The Hall–Kier alpha value is -1.23. The first kappa shape index (κ1) is 11.3. The van der Waals surface area contributed by atoms with Gasteiger partial charge in [-0.25, -0.2) is 13.5 Å². The van der Waals surface area contributed by atoms with Crippen molar-refractivity contribution in [2.45, 2.75) is 12.3 Å². The number of halogens is 3. The average Bonchev–Trinajstić information content (AvgIpc) is 2.60. The van der Waals surface area contributed by atoms with E-state index in [2.05, 4.69) is 21.0 Å². The van der Waals surface area contributed by atoms with Crippen molar-refractivity contribution in [3.8, 4) is 5.69 Å². The lowest BCUT2D eigenvalue weighted by Crippen LogP contribution is -2.02. The highest BCUT2D eigenvalue weighted by Gasteiger charge is 2.11. The van der Waals surface area contributed by atoms with Crippen LogP contribution in [0.5, 0.6) is 0 Å². The predicted octanol–water partition coefficient (Wildman–Crippen LogP) is 3.35. The van der Waals surface area contributed by atoms with E-state index in [0.717, 1.165) is 17.3 Å². The SMILES string of the molecule is Cc1c(CBr)cnn1-c1ccc(F)cc1F. The van der Waals surface area contributed by atoms with Crippen LogP contribution in [0.1, 0.15) is 11.3 Å². The molecule has 0 aliphatic heterocycles. The smallest absolute Gasteiger partial charge is 0.151 e. The topological polar surface area (TPSA) is 17.8 Å². The van der Waals surface area contributed by atoms with Crippen molar-refractivity contribution >= 4 is 15.9 Å². The zero-order valence-corrected chi connectivity index (χ0v) is 10.1. The molecule has 2 aromatic rings. The van der Waals surface area contributed by atoms with Gasteiger partial charge in [0.15, 0.2) is 5.82 Å². The second-order valence-corrected chi connectivity index (χ2v) is 3.96. The first-order chi connectivity index (χ1) is 7.63. The minimum Gasteiger partial charge on any atom is -0.235 e. The normalized spacial score (nSPS) is 10.8. The first-order valence-electron chi connectivity index (χ1n) is 4.68. The van der Waals surface area contributed by atoms with Crippen molar-refractivity contribution in [3.05, 3.63) is 47.3 Å². The molecule has 1 aromatic carbocycles. The average molecular weight is 287 g/mol. The van der Waals surface area contributed by atoms with Crippen LogP contribution in [0.25, 0.3) is 5.69 Å². The molecule has 0 spiro atoms. The summed E-state index contributed by atoms with van der Waals surface area (Å²) in [7, 11) is 0. The van der Waals surface area contributed by atoms with E-state index in [4.69, 9.17) is 0 Å². The van der Waals surface area contributed by atoms with Crippen molar-refractivity contribution in [2.75, 3.05) is 0 Å². The van der Waals surface area contributed by atoms with Crippen LogP contribution < -0.4 is 0 Å². The molecule has 0 N–H and O–H groups in total. The number of benzene rings is 1. The molecule has 0 atom stereocenters. The Balaban J connectivity index is 2.54. The van der Waals surface area contributed by atoms with E-state index < -0.39 is 11.6 Å². The molecule has 1 heterocycles. The van der Waals surface area contributed by atoms with Crippen LogP contribution >= 0.6 is 15.9 Å². The molecule has 5 heteroatoms. The van der Waals surface area contributed by atoms with E-state index in [1.54, 1.807) is 6.20 Å². The molecular weight excluding hydrogens is 278 g/mol. The van der Waals surface area contributed by atoms with Gasteiger partial charge in [0.1, 0.15) is 11.5 Å². The van der Waals surface area contributed by atoms with Crippen LogP contribution in [0.3, 0.4) is 0 Å². The summed E-state index contributed by atoms with van der Waals surface area (Å²) in [4.78, 5) is 0. The molecule has 1 aromatic heterocycles. The highest BCUT2D eigenvalue weighted by atomic mass is 79.9. The van der Waals surface area contributed by atoms with Crippen molar-refractivity contribution in [1.82, 2.24) is 9.78 Å². The molecule has 0 bridgehead atoms. The zero-order chi connectivity index (χ0) is 11.7. The van der Waals surface area contributed by atoms with Crippen molar-refractivity contribution in [1.29, 1.82) is 0 Å². The van der Waals surface area contributed by atoms with Crippen LogP contribution in [0.15, 0.2) is 24.4 Å². The largest absolute Gasteiger partial charge is 0.235 e. The molecule has 84 valence electrons. The molecule has 0 saturated carbocycles. The third-order valence-electron chi connectivity index (χ3n) is 2.39. The molecule has 0 radical (unpaired) electrons. The minimum atomic E-state index is -0.618. The summed E-state index contributed by atoms with van der Waals surface area (Å²) < 4.78 is 27.7. The second kappa shape index (κ2) is 4.33. The van der Waals surface area contributed by atoms with Crippen LogP contribution in [0.2, 0.25) is 0 Å². The van der Waals surface area contributed by atoms with Crippen molar-refractivity contribution in [2.24, 2.45) is 0 Å². The van der Waals surface area contributed by atoms with Gasteiger partial charge in [-0.05, 0) is 19.1 Å². The van der Waals surface area contributed by atoms with E-state index in [1.807, 2.05) is 6.92 Å². The maximum absolute atomic E-state index is 13.5. The lowest BCUT2D eigenvalue weighted by molar-refractivity contribution is 0.572. The fourth-order valence-corrected chi connectivity index (χ4v) is 2.02. The first-order valence-corrected chi connectivity index (χ1v) is 5.80. The summed E-state index contributed by atoms with van der Waals surface area (Å²) in [6, 6.07) is 3.44. The molecule has 0 fully saturated rings. The summed E-state index contributed by atoms with van der Waals surface area (Å²) in [5.41, 5.74) is 2.07. The standard InChI is InChI=1S/C11H9BrF2N2/c1-7-8(5-12)6-15-16(7)11-3-2-9(13)4-10(11)14/h2-4,6H,5H2,1H3. The van der Waals surface area contributed by atoms with Gasteiger partial charge >= 0.3 is 0 Å². The molecule has 0 saturated heterocycles. The highest BCUT2D eigenvalue weighted by molar-refractivity contribution is 9.08. The maximum atomic E-state index is 13.5. The number of nitrogens with zero attached hydrogens (tertiary/aromatic N) is 2. The Morgan fingerprint density at radius 2 is 2.12 bits per heavy atom. The van der Waals surface area contributed by atoms with E-state index in [1.165, 1.54) is 16.8 Å². The van der Waals surface area contributed by atoms with E-state index >= 15 is 0 Å². The number of hydrogen-bond acceptors (Lipinski definition) is 1. The molecular formula is C11H9BrF2N2. The fourth-order valence-electron chi connectivity index (χ4n) is 1.47. The molecule has 2 rings (SSSR count). The van der Waals surface area contributed by atoms with Gasteiger partial charge in [0.2, 0.25) is 0 Å². The van der Waals surface area contributed by atoms with Gasteiger partial charge in [0.05, 0.1) is 6.20 Å². The van der Waals surface area contributed by atoms with Crippen LogP contribution in [-0.2, 0) is 5.33 Å². The van der Waals surface area contributed by atoms with Gasteiger partial charge in [0, 0.05) is 22.7 Å². The predicted molar refractivity (Wildman–Crippen MR) is 60.8 cm³/mol. The minimum absolute atomic E-state index is 0.256.